The maximum atomic E-state index is 12.8. The van der Waals surface area contributed by atoms with Crippen LogP contribution in [0, 0.1) is 11.8 Å². The molecule has 164 valence electrons. The number of piperidine rings is 3. The topological polar surface area (TPSA) is 47.1 Å². The number of carbonyl (C=O) groups is 2. The zero-order valence-electron chi connectivity index (χ0n) is 18.5. The van der Waals surface area contributed by atoms with Gasteiger partial charge in [0, 0.05) is 51.6 Å². The zero-order valence-corrected chi connectivity index (χ0v) is 18.5. The molecule has 0 unspecified atom stereocenters. The summed E-state index contributed by atoms with van der Waals surface area (Å²) in [4.78, 5) is 34.6. The summed E-state index contributed by atoms with van der Waals surface area (Å²) in [6, 6.07) is 1.01. The fourth-order valence-electron chi connectivity index (χ4n) is 6.64. The molecule has 4 aliphatic rings. The van der Waals surface area contributed by atoms with E-state index in [1.54, 1.807) is 6.92 Å². The Kier molecular flexibility index (Phi) is 6.80. The standard InChI is InChI=1S/C23H40N4O2/c1-18(28)27-17-19-7-4-12-26-13-5-8-20(23(19)26)21(27)9-3-10-22(29)25-14-6-11-24(2)15-16-25/h19-21,23H,3-17H2,1-2H3/t19-,20+,21+,23-/m0/s1. The maximum absolute atomic E-state index is 12.8. The lowest BCUT2D eigenvalue weighted by atomic mass is 9.69. The lowest BCUT2D eigenvalue weighted by Gasteiger charge is -2.57. The summed E-state index contributed by atoms with van der Waals surface area (Å²) in [5.41, 5.74) is 0. The van der Waals surface area contributed by atoms with Gasteiger partial charge in [0.2, 0.25) is 11.8 Å². The monoisotopic (exact) mass is 404 g/mol. The summed E-state index contributed by atoms with van der Waals surface area (Å²) in [5.74, 6) is 1.81. The van der Waals surface area contributed by atoms with E-state index < -0.39 is 0 Å². The Hall–Kier alpha value is -1.14. The number of likely N-dealkylation sites (N-methyl/N-ethyl adjacent to an activating group) is 1. The van der Waals surface area contributed by atoms with E-state index in [1.807, 2.05) is 0 Å². The van der Waals surface area contributed by atoms with Crippen molar-refractivity contribution in [2.75, 3.05) is 52.9 Å². The number of rotatable bonds is 4. The highest BCUT2D eigenvalue weighted by molar-refractivity contribution is 5.76. The van der Waals surface area contributed by atoms with Gasteiger partial charge in [0.25, 0.3) is 0 Å². The van der Waals surface area contributed by atoms with Crippen molar-refractivity contribution < 1.29 is 9.59 Å². The van der Waals surface area contributed by atoms with Gasteiger partial charge in [-0.25, -0.2) is 0 Å². The van der Waals surface area contributed by atoms with E-state index in [9.17, 15) is 9.59 Å². The van der Waals surface area contributed by atoms with Crippen molar-refractivity contribution in [1.29, 1.82) is 0 Å². The molecule has 0 spiro atoms. The van der Waals surface area contributed by atoms with Gasteiger partial charge < -0.3 is 14.7 Å². The predicted molar refractivity (Wildman–Crippen MR) is 115 cm³/mol. The van der Waals surface area contributed by atoms with Crippen LogP contribution in [0.1, 0.15) is 58.3 Å². The van der Waals surface area contributed by atoms with Gasteiger partial charge in [0.15, 0.2) is 0 Å². The van der Waals surface area contributed by atoms with Gasteiger partial charge in [0.05, 0.1) is 0 Å². The molecule has 4 heterocycles. The molecule has 4 aliphatic heterocycles. The van der Waals surface area contributed by atoms with E-state index in [-0.39, 0.29) is 5.91 Å². The Bertz CT molecular complexity index is 595. The SMILES string of the molecule is CC(=O)N1C[C@@H]2CCCN3CCC[C@@H]([C@H]23)[C@H]1CCCC(=O)N1CCCN(C)CC1. The average Bonchev–Trinajstić information content (AvgIpc) is 2.94. The molecule has 0 radical (unpaired) electrons. The normalized spacial score (nSPS) is 33.9. The molecular formula is C23H40N4O2. The summed E-state index contributed by atoms with van der Waals surface area (Å²) in [7, 11) is 2.14. The third kappa shape index (κ3) is 4.63. The van der Waals surface area contributed by atoms with Crippen LogP contribution in [0.5, 0.6) is 0 Å². The van der Waals surface area contributed by atoms with Gasteiger partial charge in [-0.3, -0.25) is 14.5 Å². The first-order valence-corrected chi connectivity index (χ1v) is 12.0. The molecule has 6 nitrogen and oxygen atoms in total. The van der Waals surface area contributed by atoms with Gasteiger partial charge in [-0.15, -0.1) is 0 Å². The second-order valence-electron chi connectivity index (χ2n) is 9.90. The maximum Gasteiger partial charge on any atom is 0.222 e. The third-order valence-electron chi connectivity index (χ3n) is 8.04. The predicted octanol–water partition coefficient (Wildman–Crippen LogP) is 2.04. The first-order valence-electron chi connectivity index (χ1n) is 12.0. The van der Waals surface area contributed by atoms with Crippen LogP contribution < -0.4 is 0 Å². The van der Waals surface area contributed by atoms with Crippen molar-refractivity contribution in [2.45, 2.75) is 70.4 Å². The smallest absolute Gasteiger partial charge is 0.222 e. The van der Waals surface area contributed by atoms with Crippen LogP contribution in [0.15, 0.2) is 0 Å². The summed E-state index contributed by atoms with van der Waals surface area (Å²) in [6.45, 7) is 8.99. The quantitative estimate of drug-likeness (QED) is 0.719. The number of amides is 2. The first kappa shape index (κ1) is 21.1. The molecule has 0 aromatic rings. The lowest BCUT2D eigenvalue weighted by Crippen LogP contribution is -2.65. The Morgan fingerprint density at radius 1 is 0.931 bits per heavy atom. The van der Waals surface area contributed by atoms with Crippen molar-refractivity contribution in [3.63, 3.8) is 0 Å². The lowest BCUT2D eigenvalue weighted by molar-refractivity contribution is -0.144. The van der Waals surface area contributed by atoms with Crippen LogP contribution in [0.3, 0.4) is 0 Å². The number of nitrogens with zero attached hydrogens (tertiary/aromatic N) is 4. The highest BCUT2D eigenvalue weighted by Crippen LogP contribution is 2.43. The van der Waals surface area contributed by atoms with Gasteiger partial charge in [-0.05, 0) is 83.5 Å². The second-order valence-corrected chi connectivity index (χ2v) is 9.90. The van der Waals surface area contributed by atoms with Gasteiger partial charge in [-0.2, -0.15) is 0 Å². The van der Waals surface area contributed by atoms with Crippen LogP contribution in [0.4, 0.5) is 0 Å². The van der Waals surface area contributed by atoms with Gasteiger partial charge in [-0.1, -0.05) is 0 Å². The minimum atomic E-state index is 0.234. The molecule has 0 saturated carbocycles. The van der Waals surface area contributed by atoms with Gasteiger partial charge in [0.1, 0.15) is 0 Å². The summed E-state index contributed by atoms with van der Waals surface area (Å²) in [6.07, 6.45) is 8.67. The first-order chi connectivity index (χ1) is 14.0. The summed E-state index contributed by atoms with van der Waals surface area (Å²) >= 11 is 0. The molecule has 0 aromatic heterocycles. The van der Waals surface area contributed by atoms with Crippen molar-refractivity contribution >= 4 is 11.8 Å². The van der Waals surface area contributed by atoms with Crippen molar-refractivity contribution in [3.8, 4) is 0 Å². The van der Waals surface area contributed by atoms with Crippen LogP contribution in [-0.2, 0) is 9.59 Å². The molecule has 0 bridgehead atoms. The number of hydrogen-bond donors (Lipinski definition) is 0. The molecule has 4 rings (SSSR count). The summed E-state index contributed by atoms with van der Waals surface area (Å²) in [5, 5.41) is 0. The van der Waals surface area contributed by atoms with Crippen molar-refractivity contribution in [1.82, 2.24) is 19.6 Å². The van der Waals surface area contributed by atoms with Gasteiger partial charge >= 0.3 is 0 Å². The molecule has 4 fully saturated rings. The summed E-state index contributed by atoms with van der Waals surface area (Å²) < 4.78 is 0. The third-order valence-corrected chi connectivity index (χ3v) is 8.04. The Balaban J connectivity index is 1.37. The molecule has 2 amide bonds. The van der Waals surface area contributed by atoms with E-state index in [1.165, 1.54) is 38.8 Å². The Morgan fingerprint density at radius 3 is 2.52 bits per heavy atom. The Morgan fingerprint density at radius 2 is 1.72 bits per heavy atom. The van der Waals surface area contributed by atoms with E-state index >= 15 is 0 Å². The number of likely N-dealkylation sites (tertiary alicyclic amines) is 1. The molecule has 0 aromatic carbocycles. The molecule has 4 saturated heterocycles. The highest BCUT2D eigenvalue weighted by atomic mass is 16.2. The number of carbonyl (C=O) groups excluding carboxylic acids is 2. The molecule has 0 N–H and O–H groups in total. The van der Waals surface area contributed by atoms with Crippen molar-refractivity contribution in [2.24, 2.45) is 11.8 Å². The molecular weight excluding hydrogens is 364 g/mol. The fraction of sp³-hybridized carbons (Fsp3) is 0.913. The second kappa shape index (κ2) is 9.34. The molecule has 0 aliphatic carbocycles. The molecule has 29 heavy (non-hydrogen) atoms. The minimum absolute atomic E-state index is 0.234. The van der Waals surface area contributed by atoms with Crippen LogP contribution in [0.2, 0.25) is 0 Å². The van der Waals surface area contributed by atoms with E-state index in [0.29, 0.717) is 36.2 Å². The minimum Gasteiger partial charge on any atom is -0.341 e. The fourth-order valence-corrected chi connectivity index (χ4v) is 6.64. The van der Waals surface area contributed by atoms with E-state index in [4.69, 9.17) is 0 Å². The zero-order chi connectivity index (χ0) is 20.4. The average molecular weight is 405 g/mol. The Labute approximate surface area is 176 Å². The van der Waals surface area contributed by atoms with Crippen LogP contribution in [-0.4, -0.2) is 96.4 Å². The number of hydrogen-bond acceptors (Lipinski definition) is 4. The molecule has 6 heteroatoms. The van der Waals surface area contributed by atoms with E-state index in [2.05, 4.69) is 26.6 Å². The van der Waals surface area contributed by atoms with Crippen molar-refractivity contribution in [3.05, 3.63) is 0 Å². The largest absolute Gasteiger partial charge is 0.341 e. The highest BCUT2D eigenvalue weighted by Gasteiger charge is 2.48. The van der Waals surface area contributed by atoms with Crippen LogP contribution >= 0.6 is 0 Å². The molecule has 4 atom stereocenters. The van der Waals surface area contributed by atoms with E-state index in [0.717, 1.165) is 52.0 Å². The van der Waals surface area contributed by atoms with Crippen LogP contribution in [0.25, 0.3) is 0 Å².